The van der Waals surface area contributed by atoms with Crippen LogP contribution in [0.15, 0.2) is 18.2 Å². The van der Waals surface area contributed by atoms with Crippen molar-refractivity contribution >= 4 is 17.3 Å². The lowest BCUT2D eigenvalue weighted by Gasteiger charge is -2.10. The van der Waals surface area contributed by atoms with E-state index in [1.807, 2.05) is 12.1 Å². The number of nitrogens with two attached hydrogens (primary N) is 1. The fourth-order valence-electron chi connectivity index (χ4n) is 1.14. The molecule has 0 radical (unpaired) electrons. The average molecular weight is 215 g/mol. The van der Waals surface area contributed by atoms with E-state index in [4.69, 9.17) is 22.1 Å². The fraction of sp³-hybridized carbons (Fsp3) is 0.400. The minimum atomic E-state index is 0.676. The van der Waals surface area contributed by atoms with Gasteiger partial charge in [-0.25, -0.2) is 0 Å². The highest BCUT2D eigenvalue weighted by molar-refractivity contribution is 6.30. The van der Waals surface area contributed by atoms with Crippen LogP contribution >= 0.6 is 11.6 Å². The first-order valence-electron chi connectivity index (χ1n) is 4.55. The maximum Gasteiger partial charge on any atom is 0.142 e. The summed E-state index contributed by atoms with van der Waals surface area (Å²) >= 11 is 5.87. The first kappa shape index (κ1) is 11.1. The summed E-state index contributed by atoms with van der Waals surface area (Å²) in [4.78, 5) is 0. The van der Waals surface area contributed by atoms with Crippen molar-refractivity contribution in [2.24, 2.45) is 5.73 Å². The number of hydrogen-bond donors (Lipinski definition) is 2. The van der Waals surface area contributed by atoms with Gasteiger partial charge in [0.05, 0.1) is 12.8 Å². The number of methoxy groups -OCH3 is 1. The molecule has 0 aromatic heterocycles. The molecule has 0 fully saturated rings. The highest BCUT2D eigenvalue weighted by Gasteiger charge is 2.01. The van der Waals surface area contributed by atoms with E-state index in [1.165, 1.54) is 0 Å². The van der Waals surface area contributed by atoms with Crippen molar-refractivity contribution in [3.05, 3.63) is 23.2 Å². The fourth-order valence-corrected chi connectivity index (χ4v) is 1.32. The predicted octanol–water partition coefficient (Wildman–Crippen LogP) is 2.11. The summed E-state index contributed by atoms with van der Waals surface area (Å²) in [6.45, 7) is 1.50. The summed E-state index contributed by atoms with van der Waals surface area (Å²) < 4.78 is 5.18. The summed E-state index contributed by atoms with van der Waals surface area (Å²) in [5, 5.41) is 3.91. The van der Waals surface area contributed by atoms with Crippen LogP contribution in [0.2, 0.25) is 5.02 Å². The maximum absolute atomic E-state index is 5.87. The first-order valence-corrected chi connectivity index (χ1v) is 4.93. The summed E-state index contributed by atoms with van der Waals surface area (Å²) in [6, 6.07) is 5.48. The van der Waals surface area contributed by atoms with Crippen LogP contribution in [0.4, 0.5) is 5.69 Å². The van der Waals surface area contributed by atoms with E-state index in [0.29, 0.717) is 11.6 Å². The molecule has 14 heavy (non-hydrogen) atoms. The zero-order valence-electron chi connectivity index (χ0n) is 8.22. The van der Waals surface area contributed by atoms with Gasteiger partial charge in [0.2, 0.25) is 0 Å². The van der Waals surface area contributed by atoms with E-state index in [-0.39, 0.29) is 0 Å². The van der Waals surface area contributed by atoms with Crippen molar-refractivity contribution in [2.45, 2.75) is 6.42 Å². The monoisotopic (exact) mass is 214 g/mol. The molecular formula is C10H15ClN2O. The zero-order valence-corrected chi connectivity index (χ0v) is 8.97. The predicted molar refractivity (Wildman–Crippen MR) is 60.2 cm³/mol. The van der Waals surface area contributed by atoms with Crippen LogP contribution in [0.1, 0.15) is 6.42 Å². The number of anilines is 1. The quantitative estimate of drug-likeness (QED) is 0.739. The summed E-state index contributed by atoms with van der Waals surface area (Å²) in [7, 11) is 1.64. The van der Waals surface area contributed by atoms with Crippen molar-refractivity contribution < 1.29 is 4.74 Å². The van der Waals surface area contributed by atoms with Gasteiger partial charge in [-0.3, -0.25) is 0 Å². The van der Waals surface area contributed by atoms with Gasteiger partial charge in [0.15, 0.2) is 0 Å². The molecular weight excluding hydrogens is 200 g/mol. The Kier molecular flexibility index (Phi) is 4.56. The van der Waals surface area contributed by atoms with Crippen LogP contribution in [0.25, 0.3) is 0 Å². The van der Waals surface area contributed by atoms with Crippen molar-refractivity contribution in [1.82, 2.24) is 0 Å². The van der Waals surface area contributed by atoms with E-state index in [0.717, 1.165) is 24.4 Å². The lowest BCUT2D eigenvalue weighted by molar-refractivity contribution is 0.416. The summed E-state index contributed by atoms with van der Waals surface area (Å²) in [5.74, 6) is 0.798. The van der Waals surface area contributed by atoms with Crippen molar-refractivity contribution in [3.8, 4) is 5.75 Å². The molecule has 0 amide bonds. The first-order chi connectivity index (χ1) is 6.77. The Morgan fingerprint density at radius 3 is 2.93 bits per heavy atom. The van der Waals surface area contributed by atoms with E-state index < -0.39 is 0 Å². The van der Waals surface area contributed by atoms with Gasteiger partial charge in [-0.1, -0.05) is 11.6 Å². The van der Waals surface area contributed by atoms with Gasteiger partial charge in [0.25, 0.3) is 0 Å². The Morgan fingerprint density at radius 1 is 1.50 bits per heavy atom. The van der Waals surface area contributed by atoms with Crippen LogP contribution in [-0.4, -0.2) is 20.2 Å². The number of halogens is 1. The molecule has 3 N–H and O–H groups in total. The Labute approximate surface area is 89.2 Å². The van der Waals surface area contributed by atoms with Crippen LogP contribution < -0.4 is 15.8 Å². The number of benzene rings is 1. The SMILES string of the molecule is COc1ccc(Cl)cc1NCCCN. The molecule has 1 rings (SSSR count). The van der Waals surface area contributed by atoms with Gasteiger partial charge in [-0.05, 0) is 31.2 Å². The van der Waals surface area contributed by atoms with Gasteiger partial charge >= 0.3 is 0 Å². The van der Waals surface area contributed by atoms with E-state index in [2.05, 4.69) is 5.32 Å². The third kappa shape index (κ3) is 3.09. The van der Waals surface area contributed by atoms with Crippen LogP contribution in [0.5, 0.6) is 5.75 Å². The standard InChI is InChI=1S/C10H15ClN2O/c1-14-10-4-3-8(11)7-9(10)13-6-2-5-12/h3-4,7,13H,2,5-6,12H2,1H3. The number of hydrogen-bond acceptors (Lipinski definition) is 3. The third-order valence-corrected chi connectivity index (χ3v) is 2.09. The zero-order chi connectivity index (χ0) is 10.4. The van der Waals surface area contributed by atoms with Gasteiger partial charge in [0.1, 0.15) is 5.75 Å². The van der Waals surface area contributed by atoms with Crippen LogP contribution in [0.3, 0.4) is 0 Å². The molecule has 0 saturated carbocycles. The molecule has 0 aliphatic heterocycles. The topological polar surface area (TPSA) is 47.3 Å². The molecule has 0 saturated heterocycles. The molecule has 0 aliphatic rings. The minimum Gasteiger partial charge on any atom is -0.495 e. The second-order valence-electron chi connectivity index (χ2n) is 2.91. The normalized spacial score (nSPS) is 9.93. The number of rotatable bonds is 5. The Morgan fingerprint density at radius 2 is 2.29 bits per heavy atom. The lowest BCUT2D eigenvalue weighted by Crippen LogP contribution is -2.09. The molecule has 0 aliphatic carbocycles. The van der Waals surface area contributed by atoms with Crippen molar-refractivity contribution in [3.63, 3.8) is 0 Å². The molecule has 4 heteroatoms. The second-order valence-corrected chi connectivity index (χ2v) is 3.35. The largest absolute Gasteiger partial charge is 0.495 e. The van der Waals surface area contributed by atoms with Crippen LogP contribution in [0, 0.1) is 0 Å². The average Bonchev–Trinajstić information content (AvgIpc) is 2.19. The molecule has 0 bridgehead atoms. The highest BCUT2D eigenvalue weighted by Crippen LogP contribution is 2.27. The Hall–Kier alpha value is -0.930. The lowest BCUT2D eigenvalue weighted by atomic mass is 10.3. The highest BCUT2D eigenvalue weighted by atomic mass is 35.5. The molecule has 1 aromatic rings. The van der Waals surface area contributed by atoms with Crippen molar-refractivity contribution in [1.29, 1.82) is 0 Å². The molecule has 0 atom stereocenters. The van der Waals surface area contributed by atoms with Crippen LogP contribution in [-0.2, 0) is 0 Å². The van der Waals surface area contributed by atoms with E-state index >= 15 is 0 Å². The number of ether oxygens (including phenoxy) is 1. The summed E-state index contributed by atoms with van der Waals surface area (Å²) in [6.07, 6.45) is 0.926. The molecule has 0 unspecified atom stereocenters. The molecule has 78 valence electrons. The van der Waals surface area contributed by atoms with E-state index in [1.54, 1.807) is 13.2 Å². The number of nitrogens with one attached hydrogen (secondary N) is 1. The third-order valence-electron chi connectivity index (χ3n) is 1.86. The molecule has 3 nitrogen and oxygen atoms in total. The maximum atomic E-state index is 5.87. The van der Waals surface area contributed by atoms with Gasteiger partial charge in [-0.15, -0.1) is 0 Å². The van der Waals surface area contributed by atoms with Crippen molar-refractivity contribution in [2.75, 3.05) is 25.5 Å². The molecule has 1 aromatic carbocycles. The van der Waals surface area contributed by atoms with E-state index in [9.17, 15) is 0 Å². The van der Waals surface area contributed by atoms with Gasteiger partial charge < -0.3 is 15.8 Å². The van der Waals surface area contributed by atoms with Gasteiger partial charge in [-0.2, -0.15) is 0 Å². The molecule has 0 heterocycles. The summed E-state index contributed by atoms with van der Waals surface area (Å²) in [5.41, 5.74) is 6.31. The second kappa shape index (κ2) is 5.73. The van der Waals surface area contributed by atoms with Gasteiger partial charge in [0, 0.05) is 11.6 Å². The smallest absolute Gasteiger partial charge is 0.142 e. The Bertz CT molecular complexity index is 291. The molecule has 0 spiro atoms. The Balaban J connectivity index is 2.67. The minimum absolute atomic E-state index is 0.676.